The Balaban J connectivity index is 1.44. The molecule has 1 atom stereocenters. The van der Waals surface area contributed by atoms with Gasteiger partial charge >= 0.3 is 0 Å². The number of hydrogen-bond donors (Lipinski definition) is 0. The van der Waals surface area contributed by atoms with Gasteiger partial charge in [-0.05, 0) is 48.2 Å². The first kappa shape index (κ1) is 21.2. The van der Waals surface area contributed by atoms with Crippen LogP contribution in [0.25, 0.3) is 0 Å². The van der Waals surface area contributed by atoms with Gasteiger partial charge in [-0.15, -0.1) is 0 Å². The summed E-state index contributed by atoms with van der Waals surface area (Å²) in [6.07, 6.45) is 0.678. The van der Waals surface area contributed by atoms with Gasteiger partial charge in [-0.3, -0.25) is 9.59 Å². The zero-order valence-electron chi connectivity index (χ0n) is 18.6. The van der Waals surface area contributed by atoms with Gasteiger partial charge in [-0.2, -0.15) is 0 Å². The molecule has 0 radical (unpaired) electrons. The lowest BCUT2D eigenvalue weighted by atomic mass is 10.0. The van der Waals surface area contributed by atoms with Gasteiger partial charge < -0.3 is 19.4 Å². The molecule has 0 aromatic heterocycles. The fourth-order valence-electron chi connectivity index (χ4n) is 4.53. The summed E-state index contributed by atoms with van der Waals surface area (Å²) in [7, 11) is 1.66. The van der Waals surface area contributed by atoms with Crippen LogP contribution in [0.4, 0.5) is 5.69 Å². The number of benzene rings is 2. The smallest absolute Gasteiger partial charge is 0.255 e. The fraction of sp³-hybridized carbons (Fsp3) is 0.440. The van der Waals surface area contributed by atoms with Crippen LogP contribution in [-0.2, 0) is 11.3 Å². The highest BCUT2D eigenvalue weighted by molar-refractivity contribution is 6.01. The maximum atomic E-state index is 13.5. The standard InChI is InChI=1S/C25H31N3O3/c1-18(2)16-23(28-17-19-6-4-5-7-22(19)24(28)29)25(30)27-14-12-26(13-15-27)20-8-10-21(31-3)11-9-20/h4-11,18,23H,12-17H2,1-3H3. The molecule has 0 aliphatic carbocycles. The SMILES string of the molecule is COc1ccc(N2CCN(C(=O)C(CC(C)C)N3Cc4ccccc4C3=O)CC2)cc1. The summed E-state index contributed by atoms with van der Waals surface area (Å²) in [5, 5.41) is 0. The number of nitrogens with zero attached hydrogens (tertiary/aromatic N) is 3. The number of piperazine rings is 1. The normalized spacial score (nSPS) is 17.2. The summed E-state index contributed by atoms with van der Waals surface area (Å²) in [4.78, 5) is 32.6. The Hall–Kier alpha value is -3.02. The molecular formula is C25H31N3O3. The van der Waals surface area contributed by atoms with Crippen molar-refractivity contribution in [3.63, 3.8) is 0 Å². The molecule has 2 aromatic rings. The summed E-state index contributed by atoms with van der Waals surface area (Å²) in [6.45, 7) is 7.61. The third kappa shape index (κ3) is 4.38. The lowest BCUT2D eigenvalue weighted by molar-refractivity contribution is -0.137. The number of amides is 2. The number of carbonyl (C=O) groups excluding carboxylic acids is 2. The molecule has 31 heavy (non-hydrogen) atoms. The fourth-order valence-corrected chi connectivity index (χ4v) is 4.53. The molecule has 0 bridgehead atoms. The molecule has 2 aliphatic rings. The van der Waals surface area contributed by atoms with Gasteiger partial charge in [-0.1, -0.05) is 32.0 Å². The average Bonchev–Trinajstić information content (AvgIpc) is 3.13. The predicted molar refractivity (Wildman–Crippen MR) is 121 cm³/mol. The Morgan fingerprint density at radius 2 is 1.68 bits per heavy atom. The Labute approximate surface area is 184 Å². The second-order valence-electron chi connectivity index (χ2n) is 8.75. The number of ether oxygens (including phenoxy) is 1. The molecule has 164 valence electrons. The molecule has 6 nitrogen and oxygen atoms in total. The highest BCUT2D eigenvalue weighted by atomic mass is 16.5. The van der Waals surface area contributed by atoms with Crippen LogP contribution in [0.1, 0.15) is 36.2 Å². The lowest BCUT2D eigenvalue weighted by Gasteiger charge is -2.39. The number of anilines is 1. The van der Waals surface area contributed by atoms with E-state index >= 15 is 0 Å². The van der Waals surface area contributed by atoms with Crippen LogP contribution in [0.3, 0.4) is 0 Å². The average molecular weight is 422 g/mol. The van der Waals surface area contributed by atoms with Crippen molar-refractivity contribution < 1.29 is 14.3 Å². The second kappa shape index (κ2) is 9.00. The molecule has 2 heterocycles. The molecule has 6 heteroatoms. The molecular weight excluding hydrogens is 390 g/mol. The molecule has 1 saturated heterocycles. The van der Waals surface area contributed by atoms with Crippen molar-refractivity contribution in [2.75, 3.05) is 38.2 Å². The Morgan fingerprint density at radius 1 is 1.00 bits per heavy atom. The van der Waals surface area contributed by atoms with E-state index in [1.54, 1.807) is 12.0 Å². The first-order valence-electron chi connectivity index (χ1n) is 11.0. The van der Waals surface area contributed by atoms with Crippen molar-refractivity contribution in [1.29, 1.82) is 0 Å². The van der Waals surface area contributed by atoms with Gasteiger partial charge in [0, 0.05) is 44.0 Å². The third-order valence-electron chi connectivity index (χ3n) is 6.23. The van der Waals surface area contributed by atoms with Crippen molar-refractivity contribution >= 4 is 17.5 Å². The summed E-state index contributed by atoms with van der Waals surface area (Å²) in [5.74, 6) is 1.21. The first-order valence-corrected chi connectivity index (χ1v) is 11.0. The molecule has 0 spiro atoms. The van der Waals surface area contributed by atoms with Gasteiger partial charge in [0.15, 0.2) is 0 Å². The minimum atomic E-state index is -0.410. The van der Waals surface area contributed by atoms with Gasteiger partial charge in [0.1, 0.15) is 11.8 Å². The summed E-state index contributed by atoms with van der Waals surface area (Å²) >= 11 is 0. The van der Waals surface area contributed by atoms with Gasteiger partial charge in [0.2, 0.25) is 5.91 Å². The van der Waals surface area contributed by atoms with E-state index in [-0.39, 0.29) is 11.8 Å². The maximum absolute atomic E-state index is 13.5. The molecule has 0 saturated carbocycles. The number of methoxy groups -OCH3 is 1. The minimum absolute atomic E-state index is 0.0218. The van der Waals surface area contributed by atoms with Gasteiger partial charge in [0.05, 0.1) is 7.11 Å². The van der Waals surface area contributed by atoms with Crippen LogP contribution in [0, 0.1) is 5.92 Å². The highest BCUT2D eigenvalue weighted by Gasteiger charge is 2.38. The van der Waals surface area contributed by atoms with Crippen LogP contribution in [-0.4, -0.2) is 60.9 Å². The molecule has 4 rings (SSSR count). The van der Waals surface area contributed by atoms with Crippen molar-refractivity contribution in [2.24, 2.45) is 5.92 Å². The van der Waals surface area contributed by atoms with E-state index in [2.05, 4.69) is 30.9 Å². The lowest BCUT2D eigenvalue weighted by Crippen LogP contribution is -2.55. The van der Waals surface area contributed by atoms with Crippen molar-refractivity contribution in [2.45, 2.75) is 32.9 Å². The Kier molecular flexibility index (Phi) is 6.16. The quantitative estimate of drug-likeness (QED) is 0.717. The molecule has 1 fully saturated rings. The molecule has 2 aliphatic heterocycles. The van der Waals surface area contributed by atoms with Crippen LogP contribution < -0.4 is 9.64 Å². The topological polar surface area (TPSA) is 53.1 Å². The van der Waals surface area contributed by atoms with E-state index in [0.717, 1.165) is 35.7 Å². The van der Waals surface area contributed by atoms with Crippen molar-refractivity contribution in [1.82, 2.24) is 9.80 Å². The number of carbonyl (C=O) groups is 2. The monoisotopic (exact) mass is 421 g/mol. The van der Waals surface area contributed by atoms with E-state index in [1.807, 2.05) is 41.3 Å². The van der Waals surface area contributed by atoms with Gasteiger partial charge in [-0.25, -0.2) is 0 Å². The number of hydrogen-bond acceptors (Lipinski definition) is 4. The second-order valence-corrected chi connectivity index (χ2v) is 8.75. The van der Waals surface area contributed by atoms with Crippen molar-refractivity contribution in [3.8, 4) is 5.75 Å². The van der Waals surface area contributed by atoms with E-state index in [9.17, 15) is 9.59 Å². The predicted octanol–water partition coefficient (Wildman–Crippen LogP) is 3.41. The van der Waals surface area contributed by atoms with E-state index in [4.69, 9.17) is 4.74 Å². The number of rotatable bonds is 6. The van der Waals surface area contributed by atoms with Crippen LogP contribution in [0.5, 0.6) is 5.75 Å². The maximum Gasteiger partial charge on any atom is 0.255 e. The van der Waals surface area contributed by atoms with Crippen LogP contribution in [0.2, 0.25) is 0 Å². The summed E-state index contributed by atoms with van der Waals surface area (Å²) in [6, 6.07) is 15.3. The number of fused-ring (bicyclic) bond motifs is 1. The molecule has 2 amide bonds. The van der Waals surface area contributed by atoms with E-state index in [0.29, 0.717) is 32.0 Å². The molecule has 1 unspecified atom stereocenters. The van der Waals surface area contributed by atoms with Crippen molar-refractivity contribution in [3.05, 3.63) is 59.7 Å². The van der Waals surface area contributed by atoms with Crippen LogP contribution in [0.15, 0.2) is 48.5 Å². The first-order chi connectivity index (χ1) is 15.0. The Morgan fingerprint density at radius 3 is 2.29 bits per heavy atom. The summed E-state index contributed by atoms with van der Waals surface area (Å²) in [5.41, 5.74) is 2.88. The van der Waals surface area contributed by atoms with E-state index in [1.165, 1.54) is 0 Å². The van der Waals surface area contributed by atoms with Gasteiger partial charge in [0.25, 0.3) is 5.91 Å². The zero-order chi connectivity index (χ0) is 22.0. The largest absolute Gasteiger partial charge is 0.497 e. The highest BCUT2D eigenvalue weighted by Crippen LogP contribution is 2.28. The third-order valence-corrected chi connectivity index (χ3v) is 6.23. The Bertz CT molecular complexity index is 933. The van der Waals surface area contributed by atoms with Crippen LogP contribution >= 0.6 is 0 Å². The summed E-state index contributed by atoms with van der Waals surface area (Å²) < 4.78 is 5.24. The molecule has 2 aromatic carbocycles. The molecule has 0 N–H and O–H groups in total. The zero-order valence-corrected chi connectivity index (χ0v) is 18.6. The minimum Gasteiger partial charge on any atom is -0.497 e. The van der Waals surface area contributed by atoms with E-state index < -0.39 is 6.04 Å².